The van der Waals surface area contributed by atoms with Gasteiger partial charge in [0.2, 0.25) is 0 Å². The fourth-order valence-corrected chi connectivity index (χ4v) is 6.35. The number of benzene rings is 2. The van der Waals surface area contributed by atoms with E-state index in [2.05, 4.69) is 9.97 Å². The monoisotopic (exact) mass is 456 g/mol. The lowest BCUT2D eigenvalue weighted by Gasteiger charge is -2.08. The van der Waals surface area contributed by atoms with Crippen molar-refractivity contribution in [3.05, 3.63) is 68.0 Å². The van der Waals surface area contributed by atoms with Gasteiger partial charge in [-0.1, -0.05) is 35.9 Å². The molecule has 1 aliphatic rings. The normalized spacial score (nSPS) is 13.1. The molecule has 5 rings (SSSR count). The quantitative estimate of drug-likeness (QED) is 0.333. The van der Waals surface area contributed by atoms with Gasteiger partial charge in [-0.3, -0.25) is 9.59 Å². The highest BCUT2D eigenvalue weighted by molar-refractivity contribution is 8.00. The summed E-state index contributed by atoms with van der Waals surface area (Å²) in [5.74, 6) is 0.142. The van der Waals surface area contributed by atoms with Crippen LogP contribution in [0, 0.1) is 0 Å². The number of nitrogens with one attached hydrogen (secondary N) is 1. The summed E-state index contributed by atoms with van der Waals surface area (Å²) >= 11 is 9.29. The lowest BCUT2D eigenvalue weighted by Crippen LogP contribution is -2.15. The van der Waals surface area contributed by atoms with E-state index >= 15 is 0 Å². The molecule has 152 valence electrons. The highest BCUT2D eigenvalue weighted by atomic mass is 35.5. The van der Waals surface area contributed by atoms with Gasteiger partial charge < -0.3 is 9.72 Å². The molecule has 1 aliphatic carbocycles. The van der Waals surface area contributed by atoms with Crippen molar-refractivity contribution in [3.63, 3.8) is 0 Å². The molecule has 5 nitrogen and oxygen atoms in total. The van der Waals surface area contributed by atoms with Crippen LogP contribution in [0.25, 0.3) is 21.0 Å². The Labute approximate surface area is 185 Å². The van der Waals surface area contributed by atoms with E-state index in [1.807, 2.05) is 36.4 Å². The van der Waals surface area contributed by atoms with Crippen molar-refractivity contribution in [3.8, 4) is 0 Å². The van der Waals surface area contributed by atoms with Gasteiger partial charge in [-0.15, -0.1) is 23.1 Å². The van der Waals surface area contributed by atoms with E-state index in [1.54, 1.807) is 11.3 Å². The smallest absolute Gasteiger partial charge is 0.316 e. The largest absolute Gasteiger partial charge is 0.457 e. The summed E-state index contributed by atoms with van der Waals surface area (Å²) in [5.41, 5.74) is 0.989. The highest BCUT2D eigenvalue weighted by Gasteiger charge is 2.21. The van der Waals surface area contributed by atoms with Crippen LogP contribution < -0.4 is 5.56 Å². The second kappa shape index (κ2) is 8.06. The summed E-state index contributed by atoms with van der Waals surface area (Å²) in [6.07, 6.45) is 3.04. The van der Waals surface area contributed by atoms with Crippen LogP contribution >= 0.6 is 34.7 Å². The van der Waals surface area contributed by atoms with Crippen LogP contribution in [0.15, 0.2) is 46.1 Å². The minimum Gasteiger partial charge on any atom is -0.457 e. The fraction of sp³-hybridized carbons (Fsp3) is 0.227. The SMILES string of the molecule is O=C(CSc1cccc2cccc(Cl)c12)OCc1nc2sc3c(c2c(=O)[nH]1)CCC3. The minimum absolute atomic E-state index is 0.0521. The summed E-state index contributed by atoms with van der Waals surface area (Å²) < 4.78 is 5.35. The number of ether oxygens (including phenoxy) is 1. The van der Waals surface area contributed by atoms with Crippen LogP contribution in [-0.4, -0.2) is 21.7 Å². The number of H-pyrrole nitrogens is 1. The Morgan fingerprint density at radius 2 is 2.03 bits per heavy atom. The molecule has 0 unspecified atom stereocenters. The molecule has 0 amide bonds. The van der Waals surface area contributed by atoms with Gasteiger partial charge >= 0.3 is 5.97 Å². The maximum absolute atomic E-state index is 12.5. The van der Waals surface area contributed by atoms with Gasteiger partial charge in [-0.05, 0) is 42.3 Å². The van der Waals surface area contributed by atoms with Crippen LogP contribution in [0.5, 0.6) is 0 Å². The first-order valence-corrected chi connectivity index (χ1v) is 11.8. The number of esters is 1. The second-order valence-corrected chi connectivity index (χ2v) is 9.60. The number of carbonyl (C=O) groups is 1. The molecule has 2 aromatic carbocycles. The zero-order valence-electron chi connectivity index (χ0n) is 15.9. The number of hydrogen-bond donors (Lipinski definition) is 1. The number of halogens is 1. The van der Waals surface area contributed by atoms with Crippen LogP contribution in [0.3, 0.4) is 0 Å². The first kappa shape index (κ1) is 19.6. The fourth-order valence-electron chi connectivity index (χ4n) is 3.82. The summed E-state index contributed by atoms with van der Waals surface area (Å²) in [7, 11) is 0. The number of aromatic nitrogens is 2. The third kappa shape index (κ3) is 3.62. The van der Waals surface area contributed by atoms with Crippen molar-refractivity contribution in [2.45, 2.75) is 30.8 Å². The van der Waals surface area contributed by atoms with Crippen LogP contribution in [-0.2, 0) is 29.0 Å². The molecule has 0 aliphatic heterocycles. The Kier molecular flexibility index (Phi) is 5.26. The van der Waals surface area contributed by atoms with Crippen molar-refractivity contribution < 1.29 is 9.53 Å². The van der Waals surface area contributed by atoms with Crippen molar-refractivity contribution in [2.24, 2.45) is 0 Å². The van der Waals surface area contributed by atoms with Crippen LogP contribution in [0.4, 0.5) is 0 Å². The molecule has 0 atom stereocenters. The molecule has 30 heavy (non-hydrogen) atoms. The van der Waals surface area contributed by atoms with E-state index in [4.69, 9.17) is 16.3 Å². The molecule has 0 spiro atoms. The van der Waals surface area contributed by atoms with E-state index < -0.39 is 0 Å². The number of thioether (sulfide) groups is 1. The maximum Gasteiger partial charge on any atom is 0.316 e. The number of carbonyl (C=O) groups excluding carboxylic acids is 1. The number of thiophene rings is 1. The Bertz CT molecular complexity index is 1340. The number of aromatic amines is 1. The number of fused-ring (bicyclic) bond motifs is 4. The zero-order chi connectivity index (χ0) is 20.7. The van der Waals surface area contributed by atoms with Crippen LogP contribution in [0.2, 0.25) is 5.02 Å². The van der Waals surface area contributed by atoms with E-state index in [0.717, 1.165) is 45.3 Å². The molecular weight excluding hydrogens is 440 g/mol. The molecule has 0 fully saturated rings. The average Bonchev–Trinajstić information content (AvgIpc) is 3.31. The predicted molar refractivity (Wildman–Crippen MR) is 122 cm³/mol. The second-order valence-electron chi connectivity index (χ2n) is 7.09. The number of nitrogens with zero attached hydrogens (tertiary/aromatic N) is 1. The Morgan fingerprint density at radius 1 is 1.20 bits per heavy atom. The lowest BCUT2D eigenvalue weighted by atomic mass is 10.1. The number of hydrogen-bond acceptors (Lipinski definition) is 6. The maximum atomic E-state index is 12.5. The number of rotatable bonds is 5. The Morgan fingerprint density at radius 3 is 2.90 bits per heavy atom. The molecule has 0 saturated heterocycles. The minimum atomic E-state index is -0.375. The van der Waals surface area contributed by atoms with Crippen molar-refractivity contribution in [2.75, 3.05) is 5.75 Å². The first-order valence-electron chi connectivity index (χ1n) is 9.59. The van der Waals surface area contributed by atoms with Gasteiger partial charge in [0, 0.05) is 20.2 Å². The van der Waals surface area contributed by atoms with Crippen molar-refractivity contribution in [1.29, 1.82) is 0 Å². The molecule has 8 heteroatoms. The van der Waals surface area contributed by atoms with Gasteiger partial charge in [0.15, 0.2) is 0 Å². The molecule has 2 heterocycles. The molecular formula is C22H17ClN2O3S2. The highest BCUT2D eigenvalue weighted by Crippen LogP contribution is 2.35. The van der Waals surface area contributed by atoms with Gasteiger partial charge in [-0.25, -0.2) is 4.98 Å². The van der Waals surface area contributed by atoms with Gasteiger partial charge in [0.05, 0.1) is 11.1 Å². The average molecular weight is 457 g/mol. The Hall–Kier alpha value is -2.35. The number of aryl methyl sites for hydroxylation is 2. The van der Waals surface area contributed by atoms with Gasteiger partial charge in [0.25, 0.3) is 5.56 Å². The topological polar surface area (TPSA) is 72.0 Å². The third-order valence-electron chi connectivity index (χ3n) is 5.16. The third-order valence-corrected chi connectivity index (χ3v) is 7.69. The Balaban J connectivity index is 1.27. The van der Waals surface area contributed by atoms with E-state index in [-0.39, 0.29) is 23.9 Å². The molecule has 4 aromatic rings. The molecule has 0 saturated carbocycles. The molecule has 2 aromatic heterocycles. The standard InChI is InChI=1S/C22H17ClN2O3S2/c23-14-7-1-4-12-5-2-9-16(19(12)14)29-11-18(26)28-10-17-24-21(27)20-13-6-3-8-15(13)30-22(20)25-17/h1-2,4-5,7,9H,3,6,8,10-11H2,(H,24,25,27). The summed E-state index contributed by atoms with van der Waals surface area (Å²) in [4.78, 5) is 34.9. The van der Waals surface area contributed by atoms with Gasteiger partial charge in [0.1, 0.15) is 17.3 Å². The van der Waals surface area contributed by atoms with E-state index in [0.29, 0.717) is 16.2 Å². The van der Waals surface area contributed by atoms with Crippen LogP contribution in [0.1, 0.15) is 22.7 Å². The van der Waals surface area contributed by atoms with E-state index in [1.165, 1.54) is 16.6 Å². The predicted octanol–water partition coefficient (Wildman–Crippen LogP) is 5.12. The molecule has 0 radical (unpaired) electrons. The van der Waals surface area contributed by atoms with Crippen molar-refractivity contribution in [1.82, 2.24) is 9.97 Å². The first-order chi connectivity index (χ1) is 14.6. The van der Waals surface area contributed by atoms with Gasteiger partial charge in [-0.2, -0.15) is 0 Å². The summed E-state index contributed by atoms with van der Waals surface area (Å²) in [5, 5.41) is 3.31. The molecule has 1 N–H and O–H groups in total. The summed E-state index contributed by atoms with van der Waals surface area (Å²) in [6, 6.07) is 11.6. The lowest BCUT2D eigenvalue weighted by molar-refractivity contribution is -0.141. The van der Waals surface area contributed by atoms with E-state index in [9.17, 15) is 9.59 Å². The molecule has 0 bridgehead atoms. The summed E-state index contributed by atoms with van der Waals surface area (Å²) in [6.45, 7) is -0.0521. The van der Waals surface area contributed by atoms with Crippen molar-refractivity contribution >= 4 is 61.7 Å². The zero-order valence-corrected chi connectivity index (χ0v) is 18.3.